The molecule has 0 fully saturated rings. The zero-order valence-corrected chi connectivity index (χ0v) is 9.25. The van der Waals surface area contributed by atoms with Crippen molar-refractivity contribution in [3.63, 3.8) is 0 Å². The molecular formula is C10H18N4O. The molecule has 0 aliphatic heterocycles. The number of nitrogens with zero attached hydrogens (tertiary/aromatic N) is 2. The van der Waals surface area contributed by atoms with Crippen LogP contribution in [-0.2, 0) is 0 Å². The van der Waals surface area contributed by atoms with E-state index in [2.05, 4.69) is 20.6 Å². The van der Waals surface area contributed by atoms with Gasteiger partial charge in [-0.3, -0.25) is 0 Å². The molecule has 5 nitrogen and oxygen atoms in total. The Hall–Kier alpha value is -1.36. The molecule has 84 valence electrons. The predicted octanol–water partition coefficient (Wildman–Crippen LogP) is 1.01. The summed E-state index contributed by atoms with van der Waals surface area (Å²) in [6.45, 7) is 2.99. The van der Waals surface area contributed by atoms with E-state index in [0.717, 1.165) is 30.9 Å². The zero-order valence-electron chi connectivity index (χ0n) is 9.25. The number of unbranched alkanes of at least 4 members (excludes halogenated alkanes) is 1. The summed E-state index contributed by atoms with van der Waals surface area (Å²) in [5, 5.41) is 14.7. The lowest BCUT2D eigenvalue weighted by Crippen LogP contribution is -2.07. The molecule has 0 saturated heterocycles. The Kier molecular flexibility index (Phi) is 4.83. The molecule has 1 rings (SSSR count). The predicted molar refractivity (Wildman–Crippen MR) is 61.1 cm³/mol. The van der Waals surface area contributed by atoms with E-state index in [4.69, 9.17) is 5.11 Å². The number of hydrogen-bond acceptors (Lipinski definition) is 5. The molecule has 1 heterocycles. The summed E-state index contributed by atoms with van der Waals surface area (Å²) in [6, 6.07) is 1.90. The first-order valence-electron chi connectivity index (χ1n) is 5.14. The number of aliphatic hydroxyl groups is 1. The minimum atomic E-state index is 0.242. The van der Waals surface area contributed by atoms with Gasteiger partial charge in [0.1, 0.15) is 5.82 Å². The van der Waals surface area contributed by atoms with Crippen LogP contribution >= 0.6 is 0 Å². The average Bonchev–Trinajstić information content (AvgIpc) is 2.23. The zero-order chi connectivity index (χ0) is 11.1. The molecular weight excluding hydrogens is 192 g/mol. The highest BCUT2D eigenvalue weighted by molar-refractivity contribution is 5.41. The molecule has 15 heavy (non-hydrogen) atoms. The van der Waals surface area contributed by atoms with Crippen molar-refractivity contribution in [3.05, 3.63) is 11.8 Å². The van der Waals surface area contributed by atoms with E-state index in [9.17, 15) is 0 Å². The molecule has 0 aliphatic carbocycles. The minimum absolute atomic E-state index is 0.242. The fourth-order valence-corrected chi connectivity index (χ4v) is 1.22. The van der Waals surface area contributed by atoms with Crippen molar-refractivity contribution in [2.24, 2.45) is 0 Å². The number of hydrogen-bond donors (Lipinski definition) is 3. The van der Waals surface area contributed by atoms with Gasteiger partial charge in [-0.1, -0.05) is 0 Å². The van der Waals surface area contributed by atoms with Gasteiger partial charge in [-0.05, 0) is 19.8 Å². The molecule has 0 radical (unpaired) electrons. The number of anilines is 2. The summed E-state index contributed by atoms with van der Waals surface area (Å²) in [6.07, 6.45) is 1.75. The van der Waals surface area contributed by atoms with Gasteiger partial charge in [-0.15, -0.1) is 0 Å². The largest absolute Gasteiger partial charge is 0.396 e. The second-order valence-electron chi connectivity index (χ2n) is 3.33. The first-order chi connectivity index (χ1) is 7.26. The Balaban J connectivity index is 2.49. The van der Waals surface area contributed by atoms with Crippen LogP contribution < -0.4 is 10.6 Å². The van der Waals surface area contributed by atoms with Gasteiger partial charge < -0.3 is 15.7 Å². The van der Waals surface area contributed by atoms with Crippen molar-refractivity contribution in [1.82, 2.24) is 9.97 Å². The van der Waals surface area contributed by atoms with Gasteiger partial charge in [0, 0.05) is 32.0 Å². The number of aliphatic hydroxyl groups excluding tert-OH is 1. The van der Waals surface area contributed by atoms with E-state index in [1.165, 1.54) is 0 Å². The van der Waals surface area contributed by atoms with Crippen LogP contribution in [0.4, 0.5) is 11.8 Å². The van der Waals surface area contributed by atoms with E-state index in [1.54, 1.807) is 7.05 Å². The maximum atomic E-state index is 8.63. The first-order valence-corrected chi connectivity index (χ1v) is 5.14. The van der Waals surface area contributed by atoms with Gasteiger partial charge in [-0.25, -0.2) is 4.98 Å². The Morgan fingerprint density at radius 3 is 2.80 bits per heavy atom. The Morgan fingerprint density at radius 1 is 1.33 bits per heavy atom. The summed E-state index contributed by atoms with van der Waals surface area (Å²) >= 11 is 0. The molecule has 0 spiro atoms. The minimum Gasteiger partial charge on any atom is -0.396 e. The van der Waals surface area contributed by atoms with Crippen LogP contribution in [0.15, 0.2) is 6.07 Å². The second kappa shape index (κ2) is 6.19. The monoisotopic (exact) mass is 210 g/mol. The molecule has 0 atom stereocenters. The van der Waals surface area contributed by atoms with E-state index >= 15 is 0 Å². The van der Waals surface area contributed by atoms with Crippen LogP contribution in [0.5, 0.6) is 0 Å². The van der Waals surface area contributed by atoms with Crippen LogP contribution in [0, 0.1) is 6.92 Å². The number of aromatic nitrogens is 2. The molecule has 0 amide bonds. The van der Waals surface area contributed by atoms with Crippen LogP contribution in [0.1, 0.15) is 18.5 Å². The van der Waals surface area contributed by atoms with Gasteiger partial charge in [0.25, 0.3) is 0 Å². The highest BCUT2D eigenvalue weighted by atomic mass is 16.2. The SMILES string of the molecule is CNc1nc(C)cc(NCCCCO)n1. The van der Waals surface area contributed by atoms with Crippen molar-refractivity contribution in [3.8, 4) is 0 Å². The molecule has 5 heteroatoms. The van der Waals surface area contributed by atoms with Crippen molar-refractivity contribution in [2.75, 3.05) is 30.8 Å². The topological polar surface area (TPSA) is 70.1 Å². The lowest BCUT2D eigenvalue weighted by Gasteiger charge is -2.07. The van der Waals surface area contributed by atoms with Crippen molar-refractivity contribution in [2.45, 2.75) is 19.8 Å². The van der Waals surface area contributed by atoms with Gasteiger partial charge in [0.2, 0.25) is 5.95 Å². The van der Waals surface area contributed by atoms with Gasteiger partial charge in [0.05, 0.1) is 0 Å². The first kappa shape index (κ1) is 11.7. The fraction of sp³-hybridized carbons (Fsp3) is 0.600. The van der Waals surface area contributed by atoms with E-state index in [1.807, 2.05) is 13.0 Å². The molecule has 0 aliphatic rings. The average molecular weight is 210 g/mol. The summed E-state index contributed by atoms with van der Waals surface area (Å²) < 4.78 is 0. The van der Waals surface area contributed by atoms with Crippen LogP contribution in [-0.4, -0.2) is 35.3 Å². The van der Waals surface area contributed by atoms with Gasteiger partial charge in [-0.2, -0.15) is 4.98 Å². The normalized spacial score (nSPS) is 10.1. The third kappa shape index (κ3) is 4.12. The Bertz CT molecular complexity index is 303. The molecule has 0 saturated carbocycles. The fourth-order valence-electron chi connectivity index (χ4n) is 1.22. The third-order valence-electron chi connectivity index (χ3n) is 1.97. The summed E-state index contributed by atoms with van der Waals surface area (Å²) in [7, 11) is 1.80. The lowest BCUT2D eigenvalue weighted by molar-refractivity contribution is 0.286. The maximum absolute atomic E-state index is 8.63. The number of rotatable bonds is 6. The Morgan fingerprint density at radius 2 is 2.13 bits per heavy atom. The van der Waals surface area contributed by atoms with Crippen molar-refractivity contribution < 1.29 is 5.11 Å². The Labute approximate surface area is 90.0 Å². The maximum Gasteiger partial charge on any atom is 0.224 e. The smallest absolute Gasteiger partial charge is 0.224 e. The molecule has 1 aromatic rings. The van der Waals surface area contributed by atoms with E-state index in [0.29, 0.717) is 5.95 Å². The summed E-state index contributed by atoms with van der Waals surface area (Å²) in [5.41, 5.74) is 0.930. The van der Waals surface area contributed by atoms with Crippen molar-refractivity contribution in [1.29, 1.82) is 0 Å². The van der Waals surface area contributed by atoms with Crippen LogP contribution in [0.2, 0.25) is 0 Å². The highest BCUT2D eigenvalue weighted by Crippen LogP contribution is 2.08. The number of aryl methyl sites for hydroxylation is 1. The molecule has 3 N–H and O–H groups in total. The summed E-state index contributed by atoms with van der Waals surface area (Å²) in [4.78, 5) is 8.45. The van der Waals surface area contributed by atoms with E-state index in [-0.39, 0.29) is 6.61 Å². The second-order valence-corrected chi connectivity index (χ2v) is 3.33. The molecule has 0 aromatic carbocycles. The van der Waals surface area contributed by atoms with Crippen LogP contribution in [0.3, 0.4) is 0 Å². The van der Waals surface area contributed by atoms with E-state index < -0.39 is 0 Å². The van der Waals surface area contributed by atoms with Crippen molar-refractivity contribution >= 4 is 11.8 Å². The van der Waals surface area contributed by atoms with Crippen LogP contribution in [0.25, 0.3) is 0 Å². The van der Waals surface area contributed by atoms with Gasteiger partial charge in [0.15, 0.2) is 0 Å². The quantitative estimate of drug-likeness (QED) is 0.611. The van der Waals surface area contributed by atoms with Gasteiger partial charge >= 0.3 is 0 Å². The third-order valence-corrected chi connectivity index (χ3v) is 1.97. The lowest BCUT2D eigenvalue weighted by atomic mass is 10.3. The summed E-state index contributed by atoms with van der Waals surface area (Å²) in [5.74, 6) is 1.45. The standard InChI is InChI=1S/C10H18N4O/c1-8-7-9(12-5-3-4-6-15)14-10(11-2)13-8/h7,15H,3-6H2,1-2H3,(H2,11,12,13,14). The molecule has 0 unspecified atom stereocenters. The molecule has 1 aromatic heterocycles. The molecule has 0 bridgehead atoms. The number of nitrogens with one attached hydrogen (secondary N) is 2. The highest BCUT2D eigenvalue weighted by Gasteiger charge is 1.99.